The van der Waals surface area contributed by atoms with Crippen LogP contribution in [0.1, 0.15) is 36.8 Å². The largest absolute Gasteiger partial charge is 0.490 e. The molecule has 164 valence electrons. The second kappa shape index (κ2) is 6.52. The smallest absolute Gasteiger partial charge is 0.417 e. The van der Waals surface area contributed by atoms with Crippen LogP contribution in [0.3, 0.4) is 0 Å². The van der Waals surface area contributed by atoms with Crippen LogP contribution in [0.15, 0.2) is 18.2 Å². The Morgan fingerprint density at radius 2 is 1.87 bits per heavy atom. The molecule has 1 aromatic carbocycles. The van der Waals surface area contributed by atoms with E-state index in [1.54, 1.807) is 15.9 Å². The molecule has 3 aliphatic heterocycles. The van der Waals surface area contributed by atoms with Crippen molar-refractivity contribution >= 4 is 11.9 Å². The van der Waals surface area contributed by atoms with Crippen molar-refractivity contribution in [3.8, 4) is 11.8 Å². The van der Waals surface area contributed by atoms with Crippen LogP contribution >= 0.6 is 0 Å². The summed E-state index contributed by atoms with van der Waals surface area (Å²) < 4.78 is 45.0. The van der Waals surface area contributed by atoms with Gasteiger partial charge >= 0.3 is 12.2 Å². The van der Waals surface area contributed by atoms with Gasteiger partial charge in [0.05, 0.1) is 22.7 Å². The first-order valence-electron chi connectivity index (χ1n) is 10.2. The third-order valence-electron chi connectivity index (χ3n) is 6.86. The first-order valence-corrected chi connectivity index (χ1v) is 10.2. The second-order valence-electron chi connectivity index (χ2n) is 9.29. The summed E-state index contributed by atoms with van der Waals surface area (Å²) in [5.41, 5.74) is -1.68. The van der Waals surface area contributed by atoms with Crippen LogP contribution in [-0.2, 0) is 11.0 Å². The van der Waals surface area contributed by atoms with Gasteiger partial charge in [-0.3, -0.25) is 4.79 Å². The molecule has 3 heterocycles. The van der Waals surface area contributed by atoms with E-state index in [9.17, 15) is 22.8 Å². The fourth-order valence-corrected chi connectivity index (χ4v) is 5.30. The summed E-state index contributed by atoms with van der Waals surface area (Å²) in [5, 5.41) is 11.8. The topological polar surface area (TPSA) is 85.7 Å². The van der Waals surface area contributed by atoms with Crippen LogP contribution in [0.25, 0.3) is 0 Å². The van der Waals surface area contributed by atoms with Gasteiger partial charge in [0.1, 0.15) is 11.9 Å². The lowest BCUT2D eigenvalue weighted by molar-refractivity contribution is -0.138. The van der Waals surface area contributed by atoms with Gasteiger partial charge in [-0.25, -0.2) is 4.79 Å². The highest BCUT2D eigenvalue weighted by molar-refractivity contribution is 5.82. The van der Waals surface area contributed by atoms with Crippen LogP contribution in [0, 0.1) is 16.7 Å². The van der Waals surface area contributed by atoms with Gasteiger partial charge in [0.15, 0.2) is 0 Å². The lowest BCUT2D eigenvalue weighted by atomic mass is 9.62. The zero-order chi connectivity index (χ0) is 22.0. The molecule has 3 amide bonds. The number of rotatable bonds is 2. The van der Waals surface area contributed by atoms with Gasteiger partial charge in [0.2, 0.25) is 5.91 Å². The Morgan fingerprint density at radius 3 is 2.45 bits per heavy atom. The third kappa shape index (κ3) is 3.36. The highest BCUT2D eigenvalue weighted by Gasteiger charge is 2.57. The molecule has 2 spiro atoms. The fourth-order valence-electron chi connectivity index (χ4n) is 5.30. The number of halogens is 3. The molecule has 31 heavy (non-hydrogen) atoms. The molecule has 0 radical (unpaired) electrons. The van der Waals surface area contributed by atoms with Crippen LogP contribution in [0.4, 0.5) is 18.0 Å². The quantitative estimate of drug-likeness (QED) is 0.775. The van der Waals surface area contributed by atoms with Crippen molar-refractivity contribution in [3.05, 3.63) is 29.3 Å². The summed E-state index contributed by atoms with van der Waals surface area (Å²) in [6.07, 6.45) is -2.18. The molecule has 0 bridgehead atoms. The summed E-state index contributed by atoms with van der Waals surface area (Å²) in [6, 6.07) is 4.92. The van der Waals surface area contributed by atoms with Gasteiger partial charge in [0.25, 0.3) is 0 Å². The van der Waals surface area contributed by atoms with E-state index in [4.69, 9.17) is 10.00 Å². The van der Waals surface area contributed by atoms with Crippen LogP contribution in [-0.4, -0.2) is 59.6 Å². The van der Waals surface area contributed by atoms with Crippen molar-refractivity contribution in [1.82, 2.24) is 15.1 Å². The normalized spacial score (nSPS) is 23.6. The number of nitrogens with zero attached hydrogens (tertiary/aromatic N) is 3. The highest BCUT2D eigenvalue weighted by atomic mass is 19.4. The van der Waals surface area contributed by atoms with Crippen LogP contribution < -0.4 is 10.1 Å². The molecule has 4 aliphatic rings. The third-order valence-corrected chi connectivity index (χ3v) is 6.86. The fraction of sp³-hybridized carbons (Fsp3) is 0.571. The van der Waals surface area contributed by atoms with Crippen molar-refractivity contribution in [2.24, 2.45) is 5.41 Å². The van der Waals surface area contributed by atoms with E-state index in [-0.39, 0.29) is 34.7 Å². The first-order chi connectivity index (χ1) is 14.6. The van der Waals surface area contributed by atoms with Gasteiger partial charge < -0.3 is 19.9 Å². The Bertz CT molecular complexity index is 983. The van der Waals surface area contributed by atoms with Crippen molar-refractivity contribution in [1.29, 1.82) is 5.26 Å². The van der Waals surface area contributed by atoms with Crippen molar-refractivity contribution in [2.45, 2.75) is 43.5 Å². The number of carbonyl (C=O) groups is 2. The number of hydrogen-bond acceptors (Lipinski definition) is 4. The number of ether oxygens (including phenoxy) is 1. The Hall–Kier alpha value is -2.96. The summed E-state index contributed by atoms with van der Waals surface area (Å²) in [4.78, 5) is 27.5. The molecular formula is C21H21F3N4O3. The van der Waals surface area contributed by atoms with Crippen molar-refractivity contribution < 1.29 is 27.5 Å². The SMILES string of the molecule is N#Cc1ccc(OC2CC3(C2)CN(C(=O)N2CC4(CCC(=O)N4)C2)C3)cc1C(F)(F)F. The zero-order valence-corrected chi connectivity index (χ0v) is 16.7. The lowest BCUT2D eigenvalue weighted by Crippen LogP contribution is -2.74. The molecule has 0 atom stereocenters. The molecule has 5 rings (SSSR count). The minimum Gasteiger partial charge on any atom is -0.490 e. The number of likely N-dealkylation sites (tertiary alicyclic amines) is 2. The Kier molecular flexibility index (Phi) is 4.20. The van der Waals surface area contributed by atoms with Gasteiger partial charge in [-0.05, 0) is 37.5 Å². The molecule has 1 aromatic rings. The highest BCUT2D eigenvalue weighted by Crippen LogP contribution is 2.50. The number of nitrogens with one attached hydrogen (secondary N) is 1. The van der Waals surface area contributed by atoms with E-state index in [0.717, 1.165) is 18.6 Å². The van der Waals surface area contributed by atoms with Gasteiger partial charge in [-0.2, -0.15) is 18.4 Å². The van der Waals surface area contributed by atoms with Crippen LogP contribution in [0.2, 0.25) is 0 Å². The van der Waals surface area contributed by atoms with E-state index in [2.05, 4.69) is 5.32 Å². The average molecular weight is 434 g/mol. The Morgan fingerprint density at radius 1 is 1.19 bits per heavy atom. The summed E-state index contributed by atoms with van der Waals surface area (Å²) in [5.74, 6) is 0.142. The molecule has 3 saturated heterocycles. The average Bonchev–Trinajstić information content (AvgIpc) is 3.02. The number of carbonyl (C=O) groups excluding carboxylic acids is 2. The summed E-state index contributed by atoms with van der Waals surface area (Å²) in [7, 11) is 0. The number of nitriles is 1. The summed E-state index contributed by atoms with van der Waals surface area (Å²) in [6.45, 7) is 2.32. The number of amides is 3. The molecule has 0 unspecified atom stereocenters. The summed E-state index contributed by atoms with van der Waals surface area (Å²) >= 11 is 0. The minimum atomic E-state index is -4.61. The number of hydrogen-bond donors (Lipinski definition) is 1. The van der Waals surface area contributed by atoms with Crippen LogP contribution in [0.5, 0.6) is 5.75 Å². The van der Waals surface area contributed by atoms with E-state index in [0.29, 0.717) is 45.4 Å². The predicted octanol–water partition coefficient (Wildman–Crippen LogP) is 2.50. The Labute approximate surface area is 176 Å². The van der Waals surface area contributed by atoms with Crippen molar-refractivity contribution in [2.75, 3.05) is 26.2 Å². The van der Waals surface area contributed by atoms with E-state index < -0.39 is 17.3 Å². The molecule has 1 aliphatic carbocycles. The molecule has 1 saturated carbocycles. The maximum Gasteiger partial charge on any atom is 0.417 e. The molecule has 1 N–H and O–H groups in total. The second-order valence-corrected chi connectivity index (χ2v) is 9.29. The number of alkyl halides is 3. The molecule has 7 nitrogen and oxygen atoms in total. The van der Waals surface area contributed by atoms with E-state index in [1.807, 2.05) is 0 Å². The Balaban J connectivity index is 1.11. The van der Waals surface area contributed by atoms with E-state index >= 15 is 0 Å². The minimum absolute atomic E-state index is 0.0239. The van der Waals surface area contributed by atoms with Gasteiger partial charge in [0, 0.05) is 38.0 Å². The van der Waals surface area contributed by atoms with E-state index in [1.165, 1.54) is 6.07 Å². The molecule has 10 heteroatoms. The maximum absolute atomic E-state index is 13.1. The number of urea groups is 1. The predicted molar refractivity (Wildman–Crippen MR) is 101 cm³/mol. The molecule has 0 aromatic heterocycles. The molecule has 4 fully saturated rings. The lowest BCUT2D eigenvalue weighted by Gasteiger charge is -2.60. The van der Waals surface area contributed by atoms with Crippen molar-refractivity contribution in [3.63, 3.8) is 0 Å². The molecular weight excluding hydrogens is 413 g/mol. The standard InChI is InChI=1S/C21H21F3N4O3/c22-21(23,24)16-5-14(2-1-13(16)8-25)31-15-6-19(7-15)9-27(10-19)18(30)28-11-20(12-28)4-3-17(29)26-20/h1-2,5,15H,3-4,6-7,9-12H2,(H,26,29). The zero-order valence-electron chi connectivity index (χ0n) is 16.7. The van der Waals surface area contributed by atoms with Gasteiger partial charge in [-0.15, -0.1) is 0 Å². The number of benzene rings is 1. The monoisotopic (exact) mass is 434 g/mol. The maximum atomic E-state index is 13.1. The van der Waals surface area contributed by atoms with Gasteiger partial charge in [-0.1, -0.05) is 0 Å². The first kappa shape index (κ1) is 20.0.